The van der Waals surface area contributed by atoms with Crippen molar-refractivity contribution in [1.82, 2.24) is 5.32 Å². The molecule has 1 aromatic rings. The van der Waals surface area contributed by atoms with Crippen molar-refractivity contribution in [3.8, 4) is 0 Å². The Morgan fingerprint density at radius 1 is 1.07 bits per heavy atom. The number of piperidine rings is 1. The molecule has 7 heteroatoms. The zero-order valence-corrected chi connectivity index (χ0v) is 19.4. The highest BCUT2D eigenvalue weighted by atomic mass is 127. The normalized spacial score (nSPS) is 15.8. The first-order valence-electron chi connectivity index (χ1n) is 9.76. The maximum atomic E-state index is 12.1. The lowest BCUT2D eigenvalue weighted by atomic mass is 10.0. The first kappa shape index (κ1) is 24.7. The maximum Gasteiger partial charge on any atom is 0.407 e. The quantitative estimate of drug-likeness (QED) is 0.314. The van der Waals surface area contributed by atoms with Crippen molar-refractivity contribution in [2.45, 2.75) is 51.7 Å². The number of nitrogens with one attached hydrogen (secondary N) is 1. The van der Waals surface area contributed by atoms with Crippen LogP contribution in [0.2, 0.25) is 0 Å². The van der Waals surface area contributed by atoms with Crippen molar-refractivity contribution in [1.29, 1.82) is 0 Å². The summed E-state index contributed by atoms with van der Waals surface area (Å²) in [6.07, 6.45) is 3.35. The van der Waals surface area contributed by atoms with Crippen LogP contribution < -0.4 is 29.3 Å². The van der Waals surface area contributed by atoms with Crippen LogP contribution in [0.5, 0.6) is 0 Å². The highest BCUT2D eigenvalue weighted by Crippen LogP contribution is 2.16. The Balaban J connectivity index is 0.00000392. The van der Waals surface area contributed by atoms with Gasteiger partial charge in [-0.1, -0.05) is 30.3 Å². The van der Waals surface area contributed by atoms with Crippen molar-refractivity contribution in [2.75, 3.05) is 33.3 Å². The summed E-state index contributed by atoms with van der Waals surface area (Å²) in [4.78, 5) is 24.1. The van der Waals surface area contributed by atoms with Gasteiger partial charge in [-0.25, -0.2) is 4.79 Å². The van der Waals surface area contributed by atoms with E-state index >= 15 is 0 Å². The van der Waals surface area contributed by atoms with E-state index in [9.17, 15) is 9.59 Å². The lowest BCUT2D eigenvalue weighted by Gasteiger charge is -2.37. The number of esters is 1. The Morgan fingerprint density at radius 3 is 2.36 bits per heavy atom. The molecule has 0 unspecified atom stereocenters. The minimum atomic E-state index is -0.728. The number of likely N-dealkylation sites (N-methyl/N-ethyl adjacent to an activating group) is 1. The average molecular weight is 504 g/mol. The molecular weight excluding hydrogens is 471 g/mol. The van der Waals surface area contributed by atoms with Crippen LogP contribution in [0, 0.1) is 0 Å². The standard InChI is InChI=1S/C21H32N2O4.HI/c1-21(2,22-20(25)27-17-18-10-6-4-7-11-18)16-19(24)26-15-14-23(3)12-8-5-9-13-23;/h4,6-7,10-11H,5,8-9,12-17H2,1-3H3;1H. The molecule has 28 heavy (non-hydrogen) atoms. The SMILES string of the molecule is CC(C)(CC(=O)OCC[N+]1(C)CCCCC1)NC(=O)OCc1ccccc1.[I-]. The zero-order chi connectivity index (χ0) is 19.8. The molecule has 0 bridgehead atoms. The highest BCUT2D eigenvalue weighted by Gasteiger charge is 2.28. The number of benzene rings is 1. The number of alkyl carbamates (subject to hydrolysis) is 1. The fourth-order valence-electron chi connectivity index (χ4n) is 3.37. The van der Waals surface area contributed by atoms with Gasteiger partial charge in [-0.3, -0.25) is 4.79 Å². The second-order valence-corrected chi connectivity index (χ2v) is 8.32. The fourth-order valence-corrected chi connectivity index (χ4v) is 3.37. The highest BCUT2D eigenvalue weighted by molar-refractivity contribution is 5.73. The predicted octanol–water partition coefficient (Wildman–Crippen LogP) is 0.259. The number of rotatable bonds is 8. The third kappa shape index (κ3) is 9.23. The van der Waals surface area contributed by atoms with Gasteiger partial charge >= 0.3 is 12.1 Å². The van der Waals surface area contributed by atoms with E-state index in [1.165, 1.54) is 19.3 Å². The molecular formula is C21H33IN2O4. The summed E-state index contributed by atoms with van der Waals surface area (Å²) in [5, 5.41) is 2.74. The van der Waals surface area contributed by atoms with Gasteiger partial charge < -0.3 is 43.3 Å². The van der Waals surface area contributed by atoms with Gasteiger partial charge in [0, 0.05) is 5.54 Å². The molecule has 0 aromatic heterocycles. The van der Waals surface area contributed by atoms with Crippen LogP contribution >= 0.6 is 0 Å². The van der Waals surface area contributed by atoms with Crippen LogP contribution in [0.25, 0.3) is 0 Å². The summed E-state index contributed by atoms with van der Waals surface area (Å²) in [6, 6.07) is 9.47. The second-order valence-electron chi connectivity index (χ2n) is 8.32. The number of likely N-dealkylation sites (tertiary alicyclic amines) is 1. The van der Waals surface area contributed by atoms with Gasteiger partial charge in [0.05, 0.1) is 26.6 Å². The number of halogens is 1. The average Bonchev–Trinajstić information content (AvgIpc) is 2.60. The molecule has 158 valence electrons. The summed E-state index contributed by atoms with van der Waals surface area (Å²) >= 11 is 0. The summed E-state index contributed by atoms with van der Waals surface area (Å²) < 4.78 is 11.6. The van der Waals surface area contributed by atoms with Gasteiger partial charge in [-0.05, 0) is 38.7 Å². The second kappa shape index (κ2) is 11.6. The molecule has 1 amide bonds. The smallest absolute Gasteiger partial charge is 0.407 e. The van der Waals surface area contributed by atoms with Crippen LogP contribution in [0.15, 0.2) is 30.3 Å². The van der Waals surface area contributed by atoms with E-state index in [0.717, 1.165) is 29.7 Å². The zero-order valence-electron chi connectivity index (χ0n) is 17.2. The number of carbonyl (C=O) groups is 2. The number of carbonyl (C=O) groups excluding carboxylic acids is 2. The van der Waals surface area contributed by atoms with Crippen molar-refractivity contribution in [3.63, 3.8) is 0 Å². The largest absolute Gasteiger partial charge is 1.00 e. The third-order valence-corrected chi connectivity index (χ3v) is 5.03. The molecule has 1 aromatic carbocycles. The molecule has 0 radical (unpaired) electrons. The van der Waals surface area contributed by atoms with Crippen molar-refractivity contribution >= 4 is 12.1 Å². The molecule has 0 saturated carbocycles. The minimum Gasteiger partial charge on any atom is -1.00 e. The molecule has 1 aliphatic rings. The maximum absolute atomic E-state index is 12.1. The molecule has 0 aliphatic carbocycles. The number of ether oxygens (including phenoxy) is 2. The van der Waals surface area contributed by atoms with Crippen LogP contribution in [0.1, 0.15) is 45.1 Å². The summed E-state index contributed by atoms with van der Waals surface area (Å²) in [7, 11) is 2.22. The molecule has 2 rings (SSSR count). The van der Waals surface area contributed by atoms with Gasteiger partial charge in [0.1, 0.15) is 19.8 Å². The van der Waals surface area contributed by atoms with Gasteiger partial charge in [0.25, 0.3) is 0 Å². The van der Waals surface area contributed by atoms with Gasteiger partial charge in [-0.15, -0.1) is 0 Å². The van der Waals surface area contributed by atoms with E-state index in [1.54, 1.807) is 13.8 Å². The number of nitrogens with zero attached hydrogens (tertiary/aromatic N) is 1. The van der Waals surface area contributed by atoms with Crippen molar-refractivity contribution in [2.24, 2.45) is 0 Å². The van der Waals surface area contributed by atoms with E-state index in [2.05, 4.69) is 12.4 Å². The van der Waals surface area contributed by atoms with Crippen LogP contribution in [-0.2, 0) is 20.9 Å². The molecule has 0 atom stereocenters. The predicted molar refractivity (Wildman–Crippen MR) is 104 cm³/mol. The van der Waals surface area contributed by atoms with Gasteiger partial charge in [0.2, 0.25) is 0 Å². The molecule has 1 heterocycles. The summed E-state index contributed by atoms with van der Waals surface area (Å²) in [5.41, 5.74) is 0.188. The fraction of sp³-hybridized carbons (Fsp3) is 0.619. The molecule has 1 aliphatic heterocycles. The monoisotopic (exact) mass is 504 g/mol. The van der Waals surface area contributed by atoms with E-state index in [0.29, 0.717) is 6.61 Å². The topological polar surface area (TPSA) is 64.6 Å². The lowest BCUT2D eigenvalue weighted by molar-refractivity contribution is -0.914. The number of amides is 1. The Labute approximate surface area is 185 Å². The molecule has 0 spiro atoms. The first-order chi connectivity index (χ1) is 12.8. The minimum absolute atomic E-state index is 0. The molecule has 1 fully saturated rings. The van der Waals surface area contributed by atoms with Crippen LogP contribution in [0.3, 0.4) is 0 Å². The first-order valence-corrected chi connectivity index (χ1v) is 9.76. The molecule has 1 N–H and O–H groups in total. The number of hydrogen-bond acceptors (Lipinski definition) is 4. The number of quaternary nitrogens is 1. The van der Waals surface area contributed by atoms with Gasteiger partial charge in [-0.2, -0.15) is 0 Å². The van der Waals surface area contributed by atoms with E-state index in [4.69, 9.17) is 9.47 Å². The van der Waals surface area contributed by atoms with Crippen LogP contribution in [-0.4, -0.2) is 55.4 Å². The third-order valence-electron chi connectivity index (χ3n) is 5.03. The number of hydrogen-bond donors (Lipinski definition) is 1. The Morgan fingerprint density at radius 2 is 1.71 bits per heavy atom. The van der Waals surface area contributed by atoms with E-state index < -0.39 is 11.6 Å². The van der Waals surface area contributed by atoms with E-state index in [-0.39, 0.29) is 43.0 Å². The Kier molecular flexibility index (Phi) is 10.2. The lowest BCUT2D eigenvalue weighted by Crippen LogP contribution is -3.00. The summed E-state index contributed by atoms with van der Waals surface area (Å²) in [6.45, 7) is 7.34. The Bertz CT molecular complexity index is 616. The van der Waals surface area contributed by atoms with Gasteiger partial charge in [0.15, 0.2) is 0 Å². The molecule has 1 saturated heterocycles. The molecule has 6 nitrogen and oxygen atoms in total. The van der Waals surface area contributed by atoms with Crippen molar-refractivity contribution < 1.29 is 47.5 Å². The van der Waals surface area contributed by atoms with Crippen LogP contribution in [0.4, 0.5) is 4.79 Å². The van der Waals surface area contributed by atoms with Crippen molar-refractivity contribution in [3.05, 3.63) is 35.9 Å². The Hall–Kier alpha value is -1.35. The summed E-state index contributed by atoms with van der Waals surface area (Å²) in [5.74, 6) is -0.299. The van der Waals surface area contributed by atoms with E-state index in [1.807, 2.05) is 30.3 Å².